The van der Waals surface area contributed by atoms with Crippen molar-refractivity contribution in [1.82, 2.24) is 15.0 Å². The molecule has 1 aromatic carbocycles. The molecule has 9 heteroatoms. The number of halogens is 1. The molecular weight excluding hydrogens is 447 g/mol. The van der Waals surface area contributed by atoms with Gasteiger partial charge in [0.25, 0.3) is 0 Å². The van der Waals surface area contributed by atoms with Gasteiger partial charge in [0.1, 0.15) is 17.5 Å². The van der Waals surface area contributed by atoms with Gasteiger partial charge in [-0.05, 0) is 63.6 Å². The zero-order valence-corrected chi connectivity index (χ0v) is 20.7. The summed E-state index contributed by atoms with van der Waals surface area (Å²) < 4.78 is 13.5. The number of hydrogen-bond acceptors (Lipinski definition) is 7. The van der Waals surface area contributed by atoms with E-state index in [1.54, 1.807) is 18.2 Å². The lowest BCUT2D eigenvalue weighted by molar-refractivity contribution is 0.0696. The van der Waals surface area contributed by atoms with Crippen molar-refractivity contribution in [2.24, 2.45) is 0 Å². The molecule has 0 saturated carbocycles. The summed E-state index contributed by atoms with van der Waals surface area (Å²) in [7, 11) is 1.97. The summed E-state index contributed by atoms with van der Waals surface area (Å²) in [5.41, 5.74) is 2.60. The number of aromatic nitrogens is 3. The van der Waals surface area contributed by atoms with Crippen LogP contribution in [-0.4, -0.2) is 64.8 Å². The molecule has 1 N–H and O–H groups in total. The summed E-state index contributed by atoms with van der Waals surface area (Å²) in [6.07, 6.45) is 1.41. The molecule has 0 amide bonds. The first kappa shape index (κ1) is 24.4. The maximum absolute atomic E-state index is 13.5. The number of aryl methyl sites for hydroxylation is 1. The molecule has 3 heterocycles. The molecule has 8 nitrogen and oxygen atoms in total. The predicted molar refractivity (Wildman–Crippen MR) is 136 cm³/mol. The van der Waals surface area contributed by atoms with Gasteiger partial charge in [0.05, 0.1) is 11.3 Å². The number of hydrogen-bond donors (Lipinski definition) is 1. The largest absolute Gasteiger partial charge is 0.478 e. The average Bonchev–Trinajstić information content (AvgIpc) is 2.83. The van der Waals surface area contributed by atoms with Crippen LogP contribution in [-0.2, 0) is 0 Å². The van der Waals surface area contributed by atoms with Crippen LogP contribution >= 0.6 is 0 Å². The first-order valence-corrected chi connectivity index (χ1v) is 11.7. The standard InChI is InChI=1S/C26H31FN6O2/c1-16(2)31(5)26-29-22(19-6-8-21(27)9-7-19)13-23(30-26)33-11-10-32(15-18(33)4)24-17(3)12-20(14-28-24)25(34)35/h6-9,12-14,16,18H,10-11,15H2,1-5H3,(H,34,35)/t18-/m1/s1. The SMILES string of the molecule is Cc1cc(C(=O)O)cnc1N1CCN(c2cc(-c3ccc(F)cc3)nc(N(C)C(C)C)n2)[C@H](C)C1. The molecule has 1 aliphatic heterocycles. The van der Waals surface area contributed by atoms with Crippen LogP contribution in [0.3, 0.4) is 0 Å². The Hall–Kier alpha value is -3.75. The Balaban J connectivity index is 1.63. The fourth-order valence-electron chi connectivity index (χ4n) is 4.23. The highest BCUT2D eigenvalue weighted by Gasteiger charge is 2.28. The van der Waals surface area contributed by atoms with E-state index >= 15 is 0 Å². The van der Waals surface area contributed by atoms with Crippen molar-refractivity contribution in [3.05, 3.63) is 59.5 Å². The minimum absolute atomic E-state index is 0.122. The van der Waals surface area contributed by atoms with E-state index in [-0.39, 0.29) is 23.5 Å². The Morgan fingerprint density at radius 2 is 1.89 bits per heavy atom. The normalized spacial score (nSPS) is 16.0. The Bertz CT molecular complexity index is 1220. The zero-order chi connectivity index (χ0) is 25.3. The number of benzene rings is 1. The molecule has 2 aromatic heterocycles. The van der Waals surface area contributed by atoms with E-state index in [0.717, 1.165) is 35.0 Å². The van der Waals surface area contributed by atoms with E-state index in [1.807, 2.05) is 24.9 Å². The average molecular weight is 479 g/mol. The van der Waals surface area contributed by atoms with E-state index in [2.05, 4.69) is 35.6 Å². The lowest BCUT2D eigenvalue weighted by Gasteiger charge is -2.41. The topological polar surface area (TPSA) is 85.7 Å². The van der Waals surface area contributed by atoms with E-state index in [1.165, 1.54) is 18.3 Å². The third-order valence-corrected chi connectivity index (χ3v) is 6.45. The number of pyridine rings is 1. The maximum atomic E-state index is 13.5. The number of nitrogens with zero attached hydrogens (tertiary/aromatic N) is 6. The Labute approximate surface area is 205 Å². The molecule has 1 aliphatic rings. The van der Waals surface area contributed by atoms with Gasteiger partial charge in [-0.2, -0.15) is 4.98 Å². The molecule has 0 bridgehead atoms. The third kappa shape index (κ3) is 5.18. The molecule has 0 spiro atoms. The van der Waals surface area contributed by atoms with Crippen molar-refractivity contribution in [3.8, 4) is 11.3 Å². The van der Waals surface area contributed by atoms with Gasteiger partial charge in [-0.25, -0.2) is 19.2 Å². The number of aromatic carboxylic acids is 1. The van der Waals surface area contributed by atoms with Crippen LogP contribution in [0.2, 0.25) is 0 Å². The maximum Gasteiger partial charge on any atom is 0.337 e. The number of carbonyl (C=O) groups is 1. The van der Waals surface area contributed by atoms with Crippen LogP contribution in [0.25, 0.3) is 11.3 Å². The molecule has 0 aliphatic carbocycles. The van der Waals surface area contributed by atoms with Gasteiger partial charge < -0.3 is 19.8 Å². The number of rotatable bonds is 6. The number of carboxylic acid groups (broad SMARTS) is 1. The summed E-state index contributed by atoms with van der Waals surface area (Å²) in [5.74, 6) is 0.977. The Morgan fingerprint density at radius 3 is 2.49 bits per heavy atom. The van der Waals surface area contributed by atoms with Crippen molar-refractivity contribution >= 4 is 23.6 Å². The highest BCUT2D eigenvalue weighted by molar-refractivity contribution is 5.87. The van der Waals surface area contributed by atoms with Gasteiger partial charge in [0, 0.05) is 56.6 Å². The van der Waals surface area contributed by atoms with Crippen molar-refractivity contribution in [2.45, 2.75) is 39.8 Å². The number of anilines is 3. The summed E-state index contributed by atoms with van der Waals surface area (Å²) in [6, 6.07) is 10.3. The molecule has 3 aromatic rings. The van der Waals surface area contributed by atoms with Crippen molar-refractivity contribution in [2.75, 3.05) is 41.4 Å². The molecule has 35 heavy (non-hydrogen) atoms. The second-order valence-corrected chi connectivity index (χ2v) is 9.28. The lowest BCUT2D eigenvalue weighted by atomic mass is 10.1. The molecule has 1 fully saturated rings. The first-order valence-electron chi connectivity index (χ1n) is 11.7. The van der Waals surface area contributed by atoms with Gasteiger partial charge in [-0.1, -0.05) is 0 Å². The summed E-state index contributed by atoms with van der Waals surface area (Å²) in [5, 5.41) is 9.23. The highest BCUT2D eigenvalue weighted by Crippen LogP contribution is 2.29. The van der Waals surface area contributed by atoms with Crippen LogP contribution in [0.5, 0.6) is 0 Å². The first-order chi connectivity index (χ1) is 16.6. The molecule has 0 unspecified atom stereocenters. The Kier molecular flexibility index (Phi) is 6.86. The van der Waals surface area contributed by atoms with E-state index in [4.69, 9.17) is 9.97 Å². The van der Waals surface area contributed by atoms with Crippen LogP contribution in [0.1, 0.15) is 36.7 Å². The van der Waals surface area contributed by atoms with E-state index in [9.17, 15) is 14.3 Å². The van der Waals surface area contributed by atoms with Gasteiger partial charge in [0.2, 0.25) is 5.95 Å². The van der Waals surface area contributed by atoms with Crippen LogP contribution in [0, 0.1) is 12.7 Å². The zero-order valence-electron chi connectivity index (χ0n) is 20.7. The number of piperazine rings is 1. The fraction of sp³-hybridized carbons (Fsp3) is 0.385. The molecule has 1 atom stereocenters. The van der Waals surface area contributed by atoms with E-state index in [0.29, 0.717) is 19.0 Å². The van der Waals surface area contributed by atoms with Crippen LogP contribution in [0.15, 0.2) is 42.6 Å². The summed E-state index contributed by atoms with van der Waals surface area (Å²) >= 11 is 0. The summed E-state index contributed by atoms with van der Waals surface area (Å²) in [4.78, 5) is 31.8. The van der Waals surface area contributed by atoms with Gasteiger partial charge in [-0.3, -0.25) is 0 Å². The minimum Gasteiger partial charge on any atom is -0.478 e. The Morgan fingerprint density at radius 1 is 1.17 bits per heavy atom. The predicted octanol–water partition coefficient (Wildman–Crippen LogP) is 4.24. The second kappa shape index (κ2) is 9.85. The van der Waals surface area contributed by atoms with Crippen molar-refractivity contribution in [3.63, 3.8) is 0 Å². The molecule has 1 saturated heterocycles. The fourth-order valence-corrected chi connectivity index (χ4v) is 4.23. The van der Waals surface area contributed by atoms with E-state index < -0.39 is 5.97 Å². The minimum atomic E-state index is -0.978. The van der Waals surface area contributed by atoms with Crippen molar-refractivity contribution in [1.29, 1.82) is 0 Å². The third-order valence-electron chi connectivity index (χ3n) is 6.45. The van der Waals surface area contributed by atoms with Gasteiger partial charge in [0.15, 0.2) is 0 Å². The molecule has 184 valence electrons. The molecular formula is C26H31FN6O2. The summed E-state index contributed by atoms with van der Waals surface area (Å²) in [6.45, 7) is 10.3. The molecule has 4 rings (SSSR count). The molecule has 0 radical (unpaired) electrons. The smallest absolute Gasteiger partial charge is 0.337 e. The van der Waals surface area contributed by atoms with Gasteiger partial charge in [-0.15, -0.1) is 0 Å². The van der Waals surface area contributed by atoms with Gasteiger partial charge >= 0.3 is 5.97 Å². The van der Waals surface area contributed by atoms with Crippen LogP contribution in [0.4, 0.5) is 22.0 Å². The highest BCUT2D eigenvalue weighted by atomic mass is 19.1. The van der Waals surface area contributed by atoms with Crippen molar-refractivity contribution < 1.29 is 14.3 Å². The second-order valence-electron chi connectivity index (χ2n) is 9.28. The quantitative estimate of drug-likeness (QED) is 0.563. The number of carboxylic acids is 1. The monoisotopic (exact) mass is 478 g/mol. The lowest BCUT2D eigenvalue weighted by Crippen LogP contribution is -2.53. The van der Waals surface area contributed by atoms with Crippen LogP contribution < -0.4 is 14.7 Å².